The number of ether oxygens (including phenoxy) is 6. The Morgan fingerprint density at radius 2 is 1.50 bits per heavy atom. The minimum Gasteiger partial charge on any atom is -0.479 e. The number of rotatable bonds is 19. The molecule has 0 aromatic heterocycles. The van der Waals surface area contributed by atoms with E-state index in [-0.39, 0.29) is 24.7 Å². The number of aliphatic hydroxyl groups is 1. The van der Waals surface area contributed by atoms with Crippen LogP contribution >= 0.6 is 0 Å². The number of hydrogen-bond donors (Lipinski definition) is 2. The van der Waals surface area contributed by atoms with Crippen LogP contribution in [0.1, 0.15) is 128 Å². The monoisotopic (exact) mass is 917 g/mol. The number of benzene rings is 1. The van der Waals surface area contributed by atoms with E-state index < -0.39 is 95.8 Å². The van der Waals surface area contributed by atoms with Gasteiger partial charge in [0.1, 0.15) is 23.4 Å². The number of allylic oxidation sites excluding steroid dienone is 1. The van der Waals surface area contributed by atoms with E-state index >= 15 is 4.79 Å². The van der Waals surface area contributed by atoms with Crippen LogP contribution < -0.4 is 0 Å². The standard InChI is InChI=1S/C49H76O14Si/c1-18-30(2)28-31(3)24-25-36(51)58-39-38(62-64(16,17)46(13,14)15)47(27-26-32(4)37(57-34(6)50)33(5)29-35-22-20-19-21-23-35)59-40(41(52)60-44(7,8)9)48(56,42(53)54)49(39,63-47)43(55)61-45(10,11)12/h19-25,30-31,33,37-40,56H,4,18,26-29H2,1-3,5-17H3,(H,53,54)/b25-24+/t30?,31?,33?,37?,38-,39-,40-,47+,48-,49+/m1/s1. The lowest BCUT2D eigenvalue weighted by atomic mass is 9.74. The summed E-state index contributed by atoms with van der Waals surface area (Å²) in [5.74, 6) is -8.87. The van der Waals surface area contributed by atoms with Crippen LogP contribution in [-0.4, -0.2) is 101 Å². The van der Waals surface area contributed by atoms with Crippen molar-refractivity contribution in [3.63, 3.8) is 0 Å². The summed E-state index contributed by atoms with van der Waals surface area (Å²) in [5, 5.41) is 23.5. The second kappa shape index (κ2) is 20.3. The fourth-order valence-corrected chi connectivity index (χ4v) is 9.18. The van der Waals surface area contributed by atoms with Gasteiger partial charge in [-0.3, -0.25) is 4.79 Å². The molecule has 2 N–H and O–H groups in total. The highest BCUT2D eigenvalue weighted by molar-refractivity contribution is 6.74. The smallest absolute Gasteiger partial charge is 0.347 e. The molecule has 0 aliphatic carbocycles. The van der Waals surface area contributed by atoms with Crippen molar-refractivity contribution in [1.82, 2.24) is 0 Å². The first-order chi connectivity index (χ1) is 29.2. The number of carboxylic acid groups (broad SMARTS) is 1. The third-order valence-corrected chi connectivity index (χ3v) is 16.7. The molecule has 2 aliphatic heterocycles. The fraction of sp³-hybridized carbons (Fsp3) is 0.694. The summed E-state index contributed by atoms with van der Waals surface area (Å²) in [7, 11) is -3.12. The third kappa shape index (κ3) is 12.5. The number of esters is 4. The molecule has 64 heavy (non-hydrogen) atoms. The van der Waals surface area contributed by atoms with E-state index in [9.17, 15) is 29.4 Å². The fourth-order valence-electron chi connectivity index (χ4n) is 7.89. The van der Waals surface area contributed by atoms with E-state index in [0.717, 1.165) is 18.4 Å². The van der Waals surface area contributed by atoms with Crippen LogP contribution in [0, 0.1) is 17.8 Å². The van der Waals surface area contributed by atoms with E-state index in [1.165, 1.54) is 54.5 Å². The first-order valence-corrected chi connectivity index (χ1v) is 25.3. The lowest BCUT2D eigenvalue weighted by Crippen LogP contribution is -2.78. The highest BCUT2D eigenvalue weighted by atomic mass is 28.4. The number of carbonyl (C=O) groups excluding carboxylic acids is 4. The molecule has 15 heteroatoms. The van der Waals surface area contributed by atoms with Gasteiger partial charge in [0, 0.05) is 25.3 Å². The zero-order chi connectivity index (χ0) is 49.0. The second-order valence-corrected chi connectivity index (χ2v) is 26.1. The first-order valence-electron chi connectivity index (χ1n) is 22.4. The van der Waals surface area contributed by atoms with E-state index in [1.807, 2.05) is 78.0 Å². The largest absolute Gasteiger partial charge is 0.479 e. The van der Waals surface area contributed by atoms with Gasteiger partial charge >= 0.3 is 29.8 Å². The SMILES string of the molecule is C=C(CC[C@]12O[C@H](C(=O)OC(C)(C)C)[C@@](O)(C(=O)O)[C@](C(=O)OC(C)(C)C)(O1)[C@H](OC(=O)/C=C/C(C)CC(C)CC)[C@H]2O[Si](C)(C)C(C)(C)C)C(OC(C)=O)C(C)Cc1ccccc1. The van der Waals surface area contributed by atoms with Gasteiger partial charge in [-0.15, -0.1) is 0 Å². The average Bonchev–Trinajstić information content (AvgIpc) is 3.37. The Labute approximate surface area is 381 Å². The number of aliphatic carboxylic acids is 1. The third-order valence-electron chi connectivity index (χ3n) is 12.3. The van der Waals surface area contributed by atoms with Crippen molar-refractivity contribution in [2.75, 3.05) is 0 Å². The molecule has 0 saturated carbocycles. The van der Waals surface area contributed by atoms with Gasteiger partial charge in [-0.25, -0.2) is 19.2 Å². The molecule has 0 amide bonds. The average molecular weight is 917 g/mol. The van der Waals surface area contributed by atoms with Gasteiger partial charge in [0.2, 0.25) is 11.7 Å². The second-order valence-electron chi connectivity index (χ2n) is 21.4. The number of carbonyl (C=O) groups is 5. The number of carboxylic acids is 1. The van der Waals surface area contributed by atoms with Gasteiger partial charge in [-0.05, 0) is 102 Å². The maximum atomic E-state index is 15.2. The quantitative estimate of drug-likeness (QED) is 0.0442. The van der Waals surface area contributed by atoms with Gasteiger partial charge < -0.3 is 43.1 Å². The molecule has 360 valence electrons. The highest BCUT2D eigenvalue weighted by Crippen LogP contribution is 2.59. The number of hydrogen-bond acceptors (Lipinski definition) is 13. The predicted octanol–water partition coefficient (Wildman–Crippen LogP) is 8.43. The molecule has 0 radical (unpaired) electrons. The van der Waals surface area contributed by atoms with Gasteiger partial charge in [-0.2, -0.15) is 0 Å². The maximum Gasteiger partial charge on any atom is 0.347 e. The molecule has 1 aromatic carbocycles. The summed E-state index contributed by atoms with van der Waals surface area (Å²) in [4.78, 5) is 70.2. The molecule has 14 nitrogen and oxygen atoms in total. The molecule has 4 unspecified atom stereocenters. The Morgan fingerprint density at radius 1 is 0.922 bits per heavy atom. The maximum absolute atomic E-state index is 15.2. The Hall–Kier alpha value is -3.89. The first kappa shape index (κ1) is 54.4. The Bertz CT molecular complexity index is 1870. The Kier molecular flexibility index (Phi) is 17.3. The summed E-state index contributed by atoms with van der Waals surface area (Å²) in [6.07, 6.45) is -2.56. The van der Waals surface area contributed by atoms with Gasteiger partial charge in [0.25, 0.3) is 5.60 Å². The van der Waals surface area contributed by atoms with E-state index in [0.29, 0.717) is 17.9 Å². The molecule has 10 atom stereocenters. The van der Waals surface area contributed by atoms with Gasteiger partial charge in [0.05, 0.1) is 0 Å². The molecule has 2 aliphatic rings. The number of fused-ring (bicyclic) bond motifs is 2. The molecule has 2 heterocycles. The van der Waals surface area contributed by atoms with Crippen LogP contribution in [0.2, 0.25) is 18.1 Å². The molecule has 2 fully saturated rings. The van der Waals surface area contributed by atoms with Crippen molar-refractivity contribution in [2.24, 2.45) is 17.8 Å². The van der Waals surface area contributed by atoms with Crippen LogP contribution in [0.25, 0.3) is 0 Å². The van der Waals surface area contributed by atoms with E-state index in [1.54, 1.807) is 6.08 Å². The van der Waals surface area contributed by atoms with Gasteiger partial charge in [0.15, 0.2) is 20.2 Å². The minimum atomic E-state index is -3.66. The van der Waals surface area contributed by atoms with Crippen molar-refractivity contribution in [2.45, 2.75) is 200 Å². The molecule has 2 saturated heterocycles. The summed E-state index contributed by atoms with van der Waals surface area (Å²) >= 11 is 0. The minimum absolute atomic E-state index is 0.0803. The Morgan fingerprint density at radius 3 is 2.00 bits per heavy atom. The topological polar surface area (TPSA) is 190 Å². The lowest BCUT2D eigenvalue weighted by molar-refractivity contribution is -0.376. The van der Waals surface area contributed by atoms with E-state index in [2.05, 4.69) is 20.4 Å². The molecule has 2 bridgehead atoms. The molecule has 3 rings (SSSR count). The molecule has 0 spiro atoms. The van der Waals surface area contributed by atoms with E-state index in [4.69, 9.17) is 32.8 Å². The summed E-state index contributed by atoms with van der Waals surface area (Å²) in [5.41, 5.74) is -8.09. The van der Waals surface area contributed by atoms with Crippen molar-refractivity contribution < 1.29 is 67.0 Å². The van der Waals surface area contributed by atoms with Crippen LogP contribution in [0.15, 0.2) is 54.6 Å². The zero-order valence-electron chi connectivity index (χ0n) is 41.1. The molecular weight excluding hydrogens is 841 g/mol. The summed E-state index contributed by atoms with van der Waals surface area (Å²) in [6, 6.07) is 9.61. The molecular formula is C49H76O14Si. The zero-order valence-corrected chi connectivity index (χ0v) is 42.1. The predicted molar refractivity (Wildman–Crippen MR) is 243 cm³/mol. The summed E-state index contributed by atoms with van der Waals surface area (Å²) in [6.45, 7) is 32.4. The Balaban J connectivity index is 2.44. The van der Waals surface area contributed by atoms with Crippen LogP contribution in [0.4, 0.5) is 0 Å². The van der Waals surface area contributed by atoms with Crippen molar-refractivity contribution in [3.8, 4) is 0 Å². The lowest BCUT2D eigenvalue weighted by Gasteiger charge is -2.50. The van der Waals surface area contributed by atoms with Crippen molar-refractivity contribution in [3.05, 3.63) is 60.2 Å². The van der Waals surface area contributed by atoms with Crippen molar-refractivity contribution in [1.29, 1.82) is 0 Å². The normalized spacial score (nSPS) is 26.9. The van der Waals surface area contributed by atoms with Crippen LogP contribution in [0.5, 0.6) is 0 Å². The van der Waals surface area contributed by atoms with Gasteiger partial charge in [-0.1, -0.05) is 97.9 Å². The van der Waals surface area contributed by atoms with Crippen LogP contribution in [-0.2, 0) is 63.2 Å². The van der Waals surface area contributed by atoms with Crippen LogP contribution in [0.3, 0.4) is 0 Å². The summed E-state index contributed by atoms with van der Waals surface area (Å²) < 4.78 is 44.1. The molecule has 1 aromatic rings. The highest BCUT2D eigenvalue weighted by Gasteiger charge is 2.87. The van der Waals surface area contributed by atoms with Crippen molar-refractivity contribution >= 4 is 38.2 Å².